The molecular formula is C27H31ClN6O5. The maximum Gasteiger partial charge on any atom is 0.511 e. The first-order valence-electron chi connectivity index (χ1n) is 12.4. The zero-order valence-electron chi connectivity index (χ0n) is 22.0. The predicted octanol–water partition coefficient (Wildman–Crippen LogP) is 5.04. The number of nitrogens with two attached hydrogens (primary N) is 1. The van der Waals surface area contributed by atoms with Gasteiger partial charge in [0.2, 0.25) is 6.29 Å². The number of esters is 1. The van der Waals surface area contributed by atoms with Crippen molar-refractivity contribution in [1.29, 1.82) is 0 Å². The minimum Gasteiger partial charge on any atom is -0.435 e. The average Bonchev–Trinajstić information content (AvgIpc) is 3.26. The Morgan fingerprint density at radius 3 is 2.51 bits per heavy atom. The Hall–Kier alpha value is -4.22. The first kappa shape index (κ1) is 29.3. The van der Waals surface area contributed by atoms with Gasteiger partial charge in [0.25, 0.3) is 0 Å². The van der Waals surface area contributed by atoms with Gasteiger partial charge >= 0.3 is 12.1 Å². The second kappa shape index (κ2) is 14.1. The minimum atomic E-state index is -1.20. The lowest BCUT2D eigenvalue weighted by Crippen LogP contribution is -2.31. The van der Waals surface area contributed by atoms with Gasteiger partial charge in [-0.25, -0.2) is 20.4 Å². The molecule has 0 spiro atoms. The topological polar surface area (TPSA) is 142 Å². The largest absolute Gasteiger partial charge is 0.511 e. The monoisotopic (exact) mass is 554 g/mol. The molecule has 0 radical (unpaired) electrons. The highest BCUT2D eigenvalue weighted by molar-refractivity contribution is 6.32. The summed E-state index contributed by atoms with van der Waals surface area (Å²) in [5.74, 6) is 5.81. The second-order valence-electron chi connectivity index (χ2n) is 8.21. The standard InChI is InChI=1S/C27H31ClN6O5/c1-5-7-12-22-31-24(28)23(26(35)38-17(3)39-27(36)37-6-2)34(22)19-15-13-18(14-16-19)20-10-8-9-11-21(20)25(32-29)33-30-4/h8-11,13-17H,4-7,12,29H2,1-3H3,(H,32,33). The fourth-order valence-corrected chi connectivity index (χ4v) is 4.13. The van der Waals surface area contributed by atoms with Gasteiger partial charge in [-0.15, -0.1) is 5.10 Å². The number of hydrogen-bond acceptors (Lipinski definition) is 9. The van der Waals surface area contributed by atoms with E-state index in [4.69, 9.17) is 31.7 Å². The van der Waals surface area contributed by atoms with Crippen molar-refractivity contribution in [3.63, 3.8) is 0 Å². The van der Waals surface area contributed by atoms with Crippen molar-refractivity contribution in [1.82, 2.24) is 15.0 Å². The van der Waals surface area contributed by atoms with E-state index in [1.807, 2.05) is 48.5 Å². The Kier molecular flexibility index (Phi) is 10.6. The number of nitrogens with one attached hydrogen (secondary N) is 1. The van der Waals surface area contributed by atoms with Gasteiger partial charge < -0.3 is 19.6 Å². The number of amidine groups is 1. The maximum absolute atomic E-state index is 13.2. The molecule has 0 aliphatic rings. The fraction of sp³-hybridized carbons (Fsp3) is 0.296. The Morgan fingerprint density at radius 2 is 1.87 bits per heavy atom. The van der Waals surface area contributed by atoms with E-state index in [0.29, 0.717) is 23.8 Å². The van der Waals surface area contributed by atoms with Crippen LogP contribution in [0.3, 0.4) is 0 Å². The van der Waals surface area contributed by atoms with Gasteiger partial charge in [-0.3, -0.25) is 4.57 Å². The van der Waals surface area contributed by atoms with Crippen LogP contribution >= 0.6 is 11.6 Å². The smallest absolute Gasteiger partial charge is 0.435 e. The van der Waals surface area contributed by atoms with Crippen molar-refractivity contribution >= 4 is 36.3 Å². The molecule has 3 rings (SSSR count). The molecule has 0 bridgehead atoms. The summed E-state index contributed by atoms with van der Waals surface area (Å²) in [5, 5.41) is 7.52. The molecule has 3 aromatic rings. The van der Waals surface area contributed by atoms with Gasteiger partial charge in [0.15, 0.2) is 16.7 Å². The van der Waals surface area contributed by atoms with Crippen molar-refractivity contribution < 1.29 is 23.8 Å². The van der Waals surface area contributed by atoms with E-state index in [1.165, 1.54) is 6.92 Å². The van der Waals surface area contributed by atoms with Gasteiger partial charge in [-0.05, 0) is 36.6 Å². The van der Waals surface area contributed by atoms with Gasteiger partial charge in [0, 0.05) is 31.3 Å². The van der Waals surface area contributed by atoms with Crippen LogP contribution < -0.4 is 11.3 Å². The van der Waals surface area contributed by atoms with Crippen LogP contribution in [0.5, 0.6) is 0 Å². The summed E-state index contributed by atoms with van der Waals surface area (Å²) in [4.78, 5) is 29.2. The predicted molar refractivity (Wildman–Crippen MR) is 149 cm³/mol. The molecule has 0 aliphatic carbocycles. The molecular weight excluding hydrogens is 524 g/mol. The quantitative estimate of drug-likeness (QED) is 0.0838. The second-order valence-corrected chi connectivity index (χ2v) is 8.57. The maximum atomic E-state index is 13.2. The number of aromatic nitrogens is 2. The Bertz CT molecular complexity index is 1340. The molecule has 1 unspecified atom stereocenters. The summed E-state index contributed by atoms with van der Waals surface area (Å²) < 4.78 is 16.7. The third-order valence-corrected chi connectivity index (χ3v) is 5.84. The summed E-state index contributed by atoms with van der Waals surface area (Å²) in [6.07, 6.45) is 0.189. The number of ether oxygens (including phenoxy) is 3. The first-order valence-corrected chi connectivity index (χ1v) is 12.7. The fourth-order valence-electron chi connectivity index (χ4n) is 3.87. The van der Waals surface area contributed by atoms with Crippen LogP contribution in [0.25, 0.3) is 16.8 Å². The molecule has 39 heavy (non-hydrogen) atoms. The highest BCUT2D eigenvalue weighted by Crippen LogP contribution is 2.29. The highest BCUT2D eigenvalue weighted by Gasteiger charge is 2.27. The molecule has 0 amide bonds. The van der Waals surface area contributed by atoms with Crippen LogP contribution in [0, 0.1) is 0 Å². The average molecular weight is 555 g/mol. The van der Waals surface area contributed by atoms with E-state index in [0.717, 1.165) is 29.5 Å². The molecule has 1 heterocycles. The summed E-state index contributed by atoms with van der Waals surface area (Å²) in [6, 6.07) is 15.0. The Labute approximate surface area is 231 Å². The van der Waals surface area contributed by atoms with Crippen LogP contribution in [0.15, 0.2) is 58.7 Å². The molecule has 0 saturated heterocycles. The molecule has 1 atom stereocenters. The number of hydrogen-bond donors (Lipinski definition) is 2. The summed E-state index contributed by atoms with van der Waals surface area (Å²) in [6.45, 7) is 8.62. The highest BCUT2D eigenvalue weighted by atomic mass is 35.5. The van der Waals surface area contributed by atoms with Crippen molar-refractivity contribution in [3.8, 4) is 16.8 Å². The third kappa shape index (κ3) is 7.21. The van der Waals surface area contributed by atoms with Gasteiger partial charge in [-0.2, -0.15) is 5.10 Å². The number of unbranched alkanes of at least 4 members (excludes halogenated alkanes) is 1. The van der Waals surface area contributed by atoms with Crippen molar-refractivity contribution in [2.24, 2.45) is 16.0 Å². The number of imidazole rings is 1. The van der Waals surface area contributed by atoms with Crippen LogP contribution in [0.1, 0.15) is 55.5 Å². The van der Waals surface area contributed by atoms with E-state index in [9.17, 15) is 9.59 Å². The summed E-state index contributed by atoms with van der Waals surface area (Å²) >= 11 is 6.43. The van der Waals surface area contributed by atoms with Crippen molar-refractivity contribution in [2.45, 2.75) is 46.3 Å². The number of benzene rings is 2. The number of hydrazine groups is 1. The molecule has 0 saturated carbocycles. The Balaban J connectivity index is 2.00. The number of carbonyl (C=O) groups is 2. The van der Waals surface area contributed by atoms with Gasteiger partial charge in [0.1, 0.15) is 5.82 Å². The molecule has 1 aromatic heterocycles. The third-order valence-electron chi connectivity index (χ3n) is 5.58. The molecule has 0 aliphatic heterocycles. The minimum absolute atomic E-state index is 0.0179. The van der Waals surface area contributed by atoms with Crippen LogP contribution in [-0.4, -0.2) is 47.1 Å². The SMILES string of the molecule is C=N/N=C(\NN)c1ccccc1-c1ccc(-n2c(CCCC)nc(Cl)c2C(=O)OC(C)OC(=O)OCC)cc1. The first-order chi connectivity index (χ1) is 18.8. The molecule has 206 valence electrons. The van der Waals surface area contributed by atoms with Crippen LogP contribution in [-0.2, 0) is 20.6 Å². The molecule has 3 N–H and O–H groups in total. The zero-order valence-corrected chi connectivity index (χ0v) is 22.8. The Morgan fingerprint density at radius 1 is 1.15 bits per heavy atom. The summed E-state index contributed by atoms with van der Waals surface area (Å²) in [7, 11) is 0. The van der Waals surface area contributed by atoms with E-state index in [2.05, 4.69) is 34.3 Å². The number of nitrogens with zero attached hydrogens (tertiary/aromatic N) is 4. The van der Waals surface area contributed by atoms with E-state index in [1.54, 1.807) is 11.5 Å². The lowest BCUT2D eigenvalue weighted by atomic mass is 9.98. The van der Waals surface area contributed by atoms with E-state index >= 15 is 0 Å². The van der Waals surface area contributed by atoms with Crippen LogP contribution in [0.2, 0.25) is 5.15 Å². The van der Waals surface area contributed by atoms with Gasteiger partial charge in [-0.1, -0.05) is 61.3 Å². The molecule has 2 aromatic carbocycles. The van der Waals surface area contributed by atoms with E-state index in [-0.39, 0.29) is 17.5 Å². The van der Waals surface area contributed by atoms with Crippen molar-refractivity contribution in [2.75, 3.05) is 6.61 Å². The zero-order chi connectivity index (χ0) is 28.4. The van der Waals surface area contributed by atoms with E-state index < -0.39 is 18.4 Å². The van der Waals surface area contributed by atoms with Crippen LogP contribution in [0.4, 0.5) is 4.79 Å². The number of halogens is 1. The number of aryl methyl sites for hydroxylation is 1. The van der Waals surface area contributed by atoms with Crippen molar-refractivity contribution in [3.05, 3.63) is 70.8 Å². The lowest BCUT2D eigenvalue weighted by molar-refractivity contribution is -0.0815. The lowest BCUT2D eigenvalue weighted by Gasteiger charge is -2.16. The van der Waals surface area contributed by atoms with Gasteiger partial charge in [0.05, 0.1) is 6.61 Å². The molecule has 12 heteroatoms. The molecule has 0 fully saturated rings. The normalized spacial score (nSPS) is 12.0. The summed E-state index contributed by atoms with van der Waals surface area (Å²) in [5.41, 5.74) is 5.66. The molecule has 11 nitrogen and oxygen atoms in total. The number of rotatable bonds is 11. The number of carbonyl (C=O) groups excluding carboxylic acids is 2.